The van der Waals surface area contributed by atoms with E-state index < -0.39 is 0 Å². The molecule has 0 aromatic heterocycles. The zero-order chi connectivity index (χ0) is 16.5. The van der Waals surface area contributed by atoms with Gasteiger partial charge in [0.2, 0.25) is 0 Å². The summed E-state index contributed by atoms with van der Waals surface area (Å²) in [5, 5.41) is 2.82. The first-order chi connectivity index (χ1) is 11.3. The molecule has 1 amide bonds. The van der Waals surface area contributed by atoms with Crippen molar-refractivity contribution in [3.05, 3.63) is 54.1 Å². The van der Waals surface area contributed by atoms with E-state index in [4.69, 9.17) is 14.2 Å². The van der Waals surface area contributed by atoms with Crippen molar-refractivity contribution in [2.24, 2.45) is 0 Å². The van der Waals surface area contributed by atoms with Gasteiger partial charge in [-0.1, -0.05) is 24.3 Å². The molecular formula is C18H21NO4. The van der Waals surface area contributed by atoms with Crippen molar-refractivity contribution in [3.63, 3.8) is 0 Å². The summed E-state index contributed by atoms with van der Waals surface area (Å²) in [6, 6.07) is 14.6. The number of benzene rings is 2. The van der Waals surface area contributed by atoms with Crippen LogP contribution in [0.15, 0.2) is 48.5 Å². The molecule has 0 fully saturated rings. The fraction of sp³-hybridized carbons (Fsp3) is 0.278. The van der Waals surface area contributed by atoms with Crippen LogP contribution in [0.4, 0.5) is 0 Å². The minimum Gasteiger partial charge on any atom is -0.493 e. The molecule has 0 atom stereocenters. The lowest BCUT2D eigenvalue weighted by atomic mass is 10.2. The summed E-state index contributed by atoms with van der Waals surface area (Å²) >= 11 is 0. The van der Waals surface area contributed by atoms with Crippen molar-refractivity contribution in [2.45, 2.75) is 6.92 Å². The highest BCUT2D eigenvalue weighted by molar-refractivity contribution is 5.96. The minimum absolute atomic E-state index is 0.183. The molecule has 2 aromatic carbocycles. The van der Waals surface area contributed by atoms with Gasteiger partial charge >= 0.3 is 0 Å². The van der Waals surface area contributed by atoms with Crippen LogP contribution in [0, 0.1) is 0 Å². The maximum Gasteiger partial charge on any atom is 0.255 e. The number of hydrogen-bond donors (Lipinski definition) is 1. The summed E-state index contributed by atoms with van der Waals surface area (Å²) < 4.78 is 16.3. The first-order valence-electron chi connectivity index (χ1n) is 7.52. The van der Waals surface area contributed by atoms with Gasteiger partial charge in [-0.2, -0.15) is 0 Å². The second-order valence-corrected chi connectivity index (χ2v) is 4.68. The topological polar surface area (TPSA) is 56.8 Å². The Morgan fingerprint density at radius 1 is 0.957 bits per heavy atom. The molecule has 2 rings (SSSR count). The van der Waals surface area contributed by atoms with E-state index >= 15 is 0 Å². The normalized spacial score (nSPS) is 10.0. The van der Waals surface area contributed by atoms with Crippen LogP contribution < -0.4 is 19.5 Å². The van der Waals surface area contributed by atoms with Crippen LogP contribution in [0.3, 0.4) is 0 Å². The number of nitrogens with one attached hydrogen (secondary N) is 1. The monoisotopic (exact) mass is 315 g/mol. The van der Waals surface area contributed by atoms with Crippen molar-refractivity contribution in [1.29, 1.82) is 0 Å². The lowest BCUT2D eigenvalue weighted by Crippen LogP contribution is -2.28. The molecule has 0 bridgehead atoms. The van der Waals surface area contributed by atoms with Crippen molar-refractivity contribution in [2.75, 3.05) is 26.9 Å². The largest absolute Gasteiger partial charge is 0.493 e. The number of carbonyl (C=O) groups is 1. The summed E-state index contributed by atoms with van der Waals surface area (Å²) in [4.78, 5) is 12.2. The molecule has 0 aliphatic heterocycles. The molecule has 0 spiro atoms. The number of ether oxygens (including phenoxy) is 3. The molecule has 0 saturated carbocycles. The van der Waals surface area contributed by atoms with Crippen LogP contribution >= 0.6 is 0 Å². The maximum absolute atomic E-state index is 12.2. The van der Waals surface area contributed by atoms with Crippen LogP contribution in [0.1, 0.15) is 17.3 Å². The molecule has 0 heterocycles. The Balaban J connectivity index is 1.86. The molecule has 1 N–H and O–H groups in total. The van der Waals surface area contributed by atoms with Crippen molar-refractivity contribution >= 4 is 5.91 Å². The van der Waals surface area contributed by atoms with Gasteiger partial charge in [-0.05, 0) is 31.2 Å². The number of carbonyl (C=O) groups excluding carboxylic acids is 1. The molecule has 122 valence electrons. The highest BCUT2D eigenvalue weighted by Crippen LogP contribution is 2.25. The average Bonchev–Trinajstić information content (AvgIpc) is 2.59. The lowest BCUT2D eigenvalue weighted by Gasteiger charge is -2.12. The molecule has 0 saturated heterocycles. The quantitative estimate of drug-likeness (QED) is 0.761. The summed E-state index contributed by atoms with van der Waals surface area (Å²) in [6.07, 6.45) is 0. The fourth-order valence-corrected chi connectivity index (χ4v) is 2.09. The number of para-hydroxylation sites is 3. The van der Waals surface area contributed by atoms with Crippen LogP contribution in [0.5, 0.6) is 17.2 Å². The van der Waals surface area contributed by atoms with Gasteiger partial charge in [-0.25, -0.2) is 0 Å². The smallest absolute Gasteiger partial charge is 0.255 e. The van der Waals surface area contributed by atoms with E-state index in [0.717, 1.165) is 0 Å². The Bertz CT molecular complexity index is 642. The van der Waals surface area contributed by atoms with Gasteiger partial charge < -0.3 is 19.5 Å². The van der Waals surface area contributed by atoms with Crippen molar-refractivity contribution < 1.29 is 19.0 Å². The second-order valence-electron chi connectivity index (χ2n) is 4.68. The molecule has 2 aromatic rings. The number of methoxy groups -OCH3 is 1. The number of amides is 1. The second kappa shape index (κ2) is 8.68. The molecular weight excluding hydrogens is 294 g/mol. The Morgan fingerprint density at radius 3 is 2.30 bits per heavy atom. The third-order valence-electron chi connectivity index (χ3n) is 3.15. The molecule has 0 aliphatic rings. The van der Waals surface area contributed by atoms with Gasteiger partial charge in [-0.15, -0.1) is 0 Å². The zero-order valence-electron chi connectivity index (χ0n) is 13.4. The average molecular weight is 315 g/mol. The van der Waals surface area contributed by atoms with E-state index in [0.29, 0.717) is 42.6 Å². The van der Waals surface area contributed by atoms with Crippen LogP contribution in [0.2, 0.25) is 0 Å². The highest BCUT2D eigenvalue weighted by atomic mass is 16.5. The number of hydrogen-bond acceptors (Lipinski definition) is 4. The molecule has 0 aliphatic carbocycles. The maximum atomic E-state index is 12.2. The summed E-state index contributed by atoms with van der Waals surface area (Å²) in [5.74, 6) is 1.72. The van der Waals surface area contributed by atoms with Crippen LogP contribution in [-0.4, -0.2) is 32.8 Å². The van der Waals surface area contributed by atoms with Crippen LogP contribution in [0.25, 0.3) is 0 Å². The first kappa shape index (κ1) is 16.7. The SMILES string of the molecule is CCOc1ccccc1C(=O)NCCOc1ccccc1OC. The van der Waals surface area contributed by atoms with E-state index in [1.807, 2.05) is 43.3 Å². The van der Waals surface area contributed by atoms with Gasteiger partial charge in [-0.3, -0.25) is 4.79 Å². The van der Waals surface area contributed by atoms with Crippen molar-refractivity contribution in [1.82, 2.24) is 5.32 Å². The van der Waals surface area contributed by atoms with Gasteiger partial charge in [0.25, 0.3) is 5.91 Å². The summed E-state index contributed by atoms with van der Waals surface area (Å²) in [6.45, 7) is 3.14. The van der Waals surface area contributed by atoms with Gasteiger partial charge in [0.1, 0.15) is 12.4 Å². The highest BCUT2D eigenvalue weighted by Gasteiger charge is 2.11. The van der Waals surface area contributed by atoms with Gasteiger partial charge in [0.15, 0.2) is 11.5 Å². The Kier molecular flexibility index (Phi) is 6.29. The lowest BCUT2D eigenvalue weighted by molar-refractivity contribution is 0.0943. The van der Waals surface area contributed by atoms with E-state index in [-0.39, 0.29) is 5.91 Å². The van der Waals surface area contributed by atoms with E-state index in [1.165, 1.54) is 0 Å². The van der Waals surface area contributed by atoms with Crippen LogP contribution in [-0.2, 0) is 0 Å². The summed E-state index contributed by atoms with van der Waals surface area (Å²) in [7, 11) is 1.59. The minimum atomic E-state index is -0.183. The first-order valence-corrected chi connectivity index (χ1v) is 7.52. The molecule has 5 nitrogen and oxygen atoms in total. The summed E-state index contributed by atoms with van der Waals surface area (Å²) in [5.41, 5.74) is 0.520. The molecule has 0 unspecified atom stereocenters. The molecule has 5 heteroatoms. The molecule has 0 radical (unpaired) electrons. The molecule has 23 heavy (non-hydrogen) atoms. The van der Waals surface area contributed by atoms with E-state index in [2.05, 4.69) is 5.32 Å². The van der Waals surface area contributed by atoms with E-state index in [9.17, 15) is 4.79 Å². The van der Waals surface area contributed by atoms with Gasteiger partial charge in [0.05, 0.1) is 25.8 Å². The van der Waals surface area contributed by atoms with Gasteiger partial charge in [0, 0.05) is 0 Å². The Morgan fingerprint density at radius 2 is 1.61 bits per heavy atom. The predicted octanol–water partition coefficient (Wildman–Crippen LogP) is 2.90. The number of rotatable bonds is 8. The fourth-order valence-electron chi connectivity index (χ4n) is 2.09. The van der Waals surface area contributed by atoms with Crippen molar-refractivity contribution in [3.8, 4) is 17.2 Å². The third-order valence-corrected chi connectivity index (χ3v) is 3.15. The zero-order valence-corrected chi connectivity index (χ0v) is 13.4. The van der Waals surface area contributed by atoms with E-state index in [1.54, 1.807) is 19.2 Å². The Hall–Kier alpha value is -2.69. The third kappa shape index (κ3) is 4.64. The predicted molar refractivity (Wildman–Crippen MR) is 88.4 cm³/mol. The Labute approximate surface area is 136 Å². The standard InChI is InChI=1S/C18H21NO4/c1-3-22-15-9-5-4-8-14(15)18(20)19-12-13-23-17-11-7-6-10-16(17)21-2/h4-11H,3,12-13H2,1-2H3,(H,19,20).